The molecule has 0 saturated carbocycles. The highest BCUT2D eigenvalue weighted by atomic mass is 28.4. The normalized spacial score (nSPS) is 21.2. The molecule has 4 atom stereocenters. The van der Waals surface area contributed by atoms with Gasteiger partial charge in [-0.3, -0.25) is 4.79 Å². The van der Waals surface area contributed by atoms with Crippen molar-refractivity contribution < 1.29 is 23.5 Å². The number of ketones is 1. The highest BCUT2D eigenvalue weighted by molar-refractivity contribution is 6.74. The summed E-state index contributed by atoms with van der Waals surface area (Å²) in [6, 6.07) is 0. The molecule has 0 spiro atoms. The van der Waals surface area contributed by atoms with Gasteiger partial charge in [-0.1, -0.05) is 64.8 Å². The number of ether oxygens (including phenoxy) is 2. The number of rotatable bonds is 17. The first-order valence-corrected chi connectivity index (χ1v) is 16.9. The van der Waals surface area contributed by atoms with Gasteiger partial charge < -0.3 is 18.7 Å². The molecular formula is C30H54O5Si. The summed E-state index contributed by atoms with van der Waals surface area (Å²) in [6.45, 7) is 19.4. The molecule has 0 aromatic rings. The molecule has 0 N–H and O–H groups in total. The van der Waals surface area contributed by atoms with Crippen LogP contribution in [0.5, 0.6) is 0 Å². The Balaban J connectivity index is 3.18. The highest BCUT2D eigenvalue weighted by Crippen LogP contribution is 2.38. The quantitative estimate of drug-likeness (QED) is 0.0844. The average molecular weight is 523 g/mol. The van der Waals surface area contributed by atoms with Crippen molar-refractivity contribution in [3.05, 3.63) is 24.3 Å². The molecule has 208 valence electrons. The smallest absolute Gasteiger partial charge is 0.192 e. The van der Waals surface area contributed by atoms with Gasteiger partial charge in [0, 0.05) is 18.3 Å². The summed E-state index contributed by atoms with van der Waals surface area (Å²) >= 11 is 0. The van der Waals surface area contributed by atoms with Crippen molar-refractivity contribution in [2.45, 2.75) is 136 Å². The summed E-state index contributed by atoms with van der Waals surface area (Å²) in [7, 11) is -2.01. The Kier molecular flexibility index (Phi) is 14.1. The predicted molar refractivity (Wildman–Crippen MR) is 152 cm³/mol. The minimum atomic E-state index is -2.01. The molecule has 1 fully saturated rings. The molecule has 0 aliphatic carbocycles. The fourth-order valence-electron chi connectivity index (χ4n) is 4.29. The first-order valence-electron chi connectivity index (χ1n) is 14.0. The molecule has 1 aliphatic rings. The summed E-state index contributed by atoms with van der Waals surface area (Å²) < 4.78 is 18.9. The van der Waals surface area contributed by atoms with E-state index in [4.69, 9.17) is 13.9 Å². The molecule has 0 amide bonds. The number of allylic oxidation sites excluding steroid dienone is 2. The van der Waals surface area contributed by atoms with Crippen LogP contribution in [0.4, 0.5) is 0 Å². The van der Waals surface area contributed by atoms with E-state index in [9.17, 15) is 9.59 Å². The molecule has 1 aliphatic heterocycles. The van der Waals surface area contributed by atoms with E-state index in [2.05, 4.69) is 65.1 Å². The van der Waals surface area contributed by atoms with Gasteiger partial charge >= 0.3 is 0 Å². The van der Waals surface area contributed by atoms with Crippen LogP contribution in [0.1, 0.15) is 99.8 Å². The minimum Gasteiger partial charge on any atom is -0.411 e. The Bertz CT molecular complexity index is 719. The second kappa shape index (κ2) is 15.4. The lowest BCUT2D eigenvalue weighted by molar-refractivity contribution is -0.147. The van der Waals surface area contributed by atoms with Gasteiger partial charge in [-0.25, -0.2) is 0 Å². The largest absolute Gasteiger partial charge is 0.411 e. The summed E-state index contributed by atoms with van der Waals surface area (Å²) in [5, 5.41) is 0.0834. The molecule has 0 aromatic heterocycles. The van der Waals surface area contributed by atoms with Crippen LogP contribution in [0.15, 0.2) is 24.3 Å². The van der Waals surface area contributed by atoms with E-state index in [0.717, 1.165) is 25.5 Å². The maximum Gasteiger partial charge on any atom is 0.192 e. The first kappa shape index (κ1) is 32.9. The third-order valence-electron chi connectivity index (χ3n) is 7.59. The fourth-order valence-corrected chi connectivity index (χ4v) is 5.60. The zero-order valence-corrected chi connectivity index (χ0v) is 25.6. The number of unbranched alkanes of at least 4 members (excludes halogenated alkanes) is 4. The minimum absolute atomic E-state index is 0.0834. The molecule has 1 unspecified atom stereocenters. The van der Waals surface area contributed by atoms with Crippen LogP contribution in [0, 0.1) is 11.8 Å². The van der Waals surface area contributed by atoms with Gasteiger partial charge in [0.15, 0.2) is 14.1 Å². The number of hydrogen-bond donors (Lipinski definition) is 0. The van der Waals surface area contributed by atoms with Gasteiger partial charge in [0.25, 0.3) is 0 Å². The average Bonchev–Trinajstić information content (AvgIpc) is 3.12. The molecule has 36 heavy (non-hydrogen) atoms. The Morgan fingerprint density at radius 1 is 1.11 bits per heavy atom. The lowest BCUT2D eigenvalue weighted by Gasteiger charge is -2.39. The molecule has 6 heteroatoms. The zero-order chi connectivity index (χ0) is 27.4. The Morgan fingerprint density at radius 3 is 2.33 bits per heavy atom. The van der Waals surface area contributed by atoms with Crippen molar-refractivity contribution in [1.82, 2.24) is 0 Å². The molecule has 1 saturated heterocycles. The van der Waals surface area contributed by atoms with Crippen LogP contribution in [0.3, 0.4) is 0 Å². The highest BCUT2D eigenvalue weighted by Gasteiger charge is 2.41. The van der Waals surface area contributed by atoms with Crippen molar-refractivity contribution in [3.63, 3.8) is 0 Å². The molecule has 1 rings (SSSR count). The van der Waals surface area contributed by atoms with Crippen LogP contribution < -0.4 is 0 Å². The summed E-state index contributed by atoms with van der Waals surface area (Å²) in [5.74, 6) is -0.787. The molecule has 1 heterocycles. The number of Topliss-reactive ketones (excluding diaryl/α,β-unsaturated/α-hetero) is 1. The third-order valence-corrected chi connectivity index (χ3v) is 12.1. The van der Waals surface area contributed by atoms with Gasteiger partial charge in [-0.15, -0.1) is 0 Å². The first-order chi connectivity index (χ1) is 16.7. The van der Waals surface area contributed by atoms with Crippen LogP contribution >= 0.6 is 0 Å². The molecule has 0 radical (unpaired) electrons. The van der Waals surface area contributed by atoms with Crippen molar-refractivity contribution in [2.24, 2.45) is 11.8 Å². The molecule has 5 nitrogen and oxygen atoms in total. The van der Waals surface area contributed by atoms with Crippen LogP contribution in [0.25, 0.3) is 0 Å². The number of aldehydes is 1. The van der Waals surface area contributed by atoms with Gasteiger partial charge in [0.05, 0.1) is 18.8 Å². The zero-order valence-electron chi connectivity index (χ0n) is 24.6. The summed E-state index contributed by atoms with van der Waals surface area (Å²) in [4.78, 5) is 23.8. The van der Waals surface area contributed by atoms with E-state index in [0.29, 0.717) is 19.4 Å². The SMILES string of the molecule is CCCCC/C=C\C[C@@H](C(C)=O)[C@H](/C=C/C(CCCC=O)O[Si](C)(C)C(C)(C)C)[C@H]1COC(C)(C)O1. The number of carbonyl (C=O) groups is 2. The van der Waals surface area contributed by atoms with Crippen LogP contribution in [-0.2, 0) is 23.5 Å². The molecule has 0 aromatic carbocycles. The van der Waals surface area contributed by atoms with Gasteiger partial charge in [-0.2, -0.15) is 0 Å². The van der Waals surface area contributed by atoms with E-state index in [1.165, 1.54) is 19.3 Å². The maximum atomic E-state index is 12.9. The van der Waals surface area contributed by atoms with E-state index in [1.807, 2.05) is 13.8 Å². The monoisotopic (exact) mass is 522 g/mol. The second-order valence-corrected chi connectivity index (χ2v) is 17.0. The number of carbonyl (C=O) groups excluding carboxylic acids is 2. The molecular weight excluding hydrogens is 468 g/mol. The van der Waals surface area contributed by atoms with E-state index in [1.54, 1.807) is 6.92 Å². The number of hydrogen-bond acceptors (Lipinski definition) is 5. The standard InChI is InChI=1S/C30H54O5Si/c1-10-11-12-13-14-15-19-26(24(2)32)27(28-23-33-30(6,7)34-28)21-20-25(18-16-17-22-31)35-36(8,9)29(3,4)5/h14-15,20-22,25-28H,10-13,16-19,23H2,1-9H3/b15-14-,21-20+/t25?,26-,27-,28+/m0/s1. The predicted octanol–water partition coefficient (Wildman–Crippen LogP) is 7.80. The third kappa shape index (κ3) is 11.5. The fraction of sp³-hybridized carbons (Fsp3) is 0.800. The summed E-state index contributed by atoms with van der Waals surface area (Å²) in [5.41, 5.74) is 0. The van der Waals surface area contributed by atoms with Gasteiger partial charge in [-0.05, 0) is 71.0 Å². The van der Waals surface area contributed by atoms with Crippen LogP contribution in [-0.4, -0.2) is 45.0 Å². The lowest BCUT2D eigenvalue weighted by atomic mass is 9.82. The second-order valence-electron chi connectivity index (χ2n) is 12.3. The van der Waals surface area contributed by atoms with Crippen molar-refractivity contribution in [2.75, 3.05) is 6.61 Å². The van der Waals surface area contributed by atoms with Gasteiger partial charge in [0.1, 0.15) is 12.1 Å². The lowest BCUT2D eigenvalue weighted by Crippen LogP contribution is -2.43. The van der Waals surface area contributed by atoms with Crippen molar-refractivity contribution >= 4 is 20.4 Å². The van der Waals surface area contributed by atoms with Crippen LogP contribution in [0.2, 0.25) is 18.1 Å². The van der Waals surface area contributed by atoms with Crippen molar-refractivity contribution in [1.29, 1.82) is 0 Å². The maximum absolute atomic E-state index is 12.9. The molecule has 0 bridgehead atoms. The Morgan fingerprint density at radius 2 is 1.81 bits per heavy atom. The van der Waals surface area contributed by atoms with E-state index >= 15 is 0 Å². The summed E-state index contributed by atoms with van der Waals surface area (Å²) in [6.07, 6.45) is 16.8. The Labute approximate surface area is 222 Å². The van der Waals surface area contributed by atoms with E-state index in [-0.39, 0.29) is 34.9 Å². The topological polar surface area (TPSA) is 61.8 Å². The van der Waals surface area contributed by atoms with Crippen molar-refractivity contribution in [3.8, 4) is 0 Å². The Hall–Kier alpha value is -1.08. The van der Waals surface area contributed by atoms with E-state index < -0.39 is 14.1 Å². The van der Waals surface area contributed by atoms with Gasteiger partial charge in [0.2, 0.25) is 0 Å².